The number of rotatable bonds is 4. The van der Waals surface area contributed by atoms with Gasteiger partial charge in [-0.3, -0.25) is 4.79 Å². The largest absolute Gasteiger partial charge is 0.450 e. The van der Waals surface area contributed by atoms with Crippen molar-refractivity contribution >= 4 is 43.6 Å². The summed E-state index contributed by atoms with van der Waals surface area (Å²) in [5.74, 6) is -0.108. The first-order valence-corrected chi connectivity index (χ1v) is 11.5. The first kappa shape index (κ1) is 21.1. The van der Waals surface area contributed by atoms with Crippen LogP contribution in [-0.4, -0.2) is 57.6 Å². The molecule has 28 heavy (non-hydrogen) atoms. The molecule has 10 heteroatoms. The van der Waals surface area contributed by atoms with Gasteiger partial charge in [-0.15, -0.1) is 0 Å². The summed E-state index contributed by atoms with van der Waals surface area (Å²) in [4.78, 5) is 26.9. The molecular weight excluding hydrogens is 450 g/mol. The van der Waals surface area contributed by atoms with Crippen molar-refractivity contribution in [3.05, 3.63) is 22.2 Å². The van der Waals surface area contributed by atoms with Gasteiger partial charge in [0.15, 0.2) is 0 Å². The van der Waals surface area contributed by atoms with Crippen LogP contribution in [0.4, 0.5) is 10.5 Å². The Bertz CT molecular complexity index is 881. The van der Waals surface area contributed by atoms with E-state index in [9.17, 15) is 18.0 Å². The van der Waals surface area contributed by atoms with Crippen LogP contribution in [0.3, 0.4) is 0 Å². The molecule has 3 rings (SSSR count). The van der Waals surface area contributed by atoms with Crippen molar-refractivity contribution in [1.82, 2.24) is 9.62 Å². The van der Waals surface area contributed by atoms with Crippen LogP contribution >= 0.6 is 15.9 Å². The summed E-state index contributed by atoms with van der Waals surface area (Å²) in [5.41, 5.74) is 1.59. The van der Waals surface area contributed by atoms with Gasteiger partial charge in [0.05, 0.1) is 11.5 Å². The van der Waals surface area contributed by atoms with Crippen molar-refractivity contribution in [2.24, 2.45) is 0 Å². The van der Waals surface area contributed by atoms with Crippen LogP contribution in [-0.2, 0) is 26.0 Å². The molecule has 0 aliphatic carbocycles. The maximum absolute atomic E-state index is 13.0. The normalized spacial score (nSPS) is 17.5. The Morgan fingerprint density at radius 3 is 2.54 bits per heavy atom. The molecule has 2 aliphatic rings. The molecule has 2 amide bonds. The van der Waals surface area contributed by atoms with Gasteiger partial charge in [0.1, 0.15) is 0 Å². The summed E-state index contributed by atoms with van der Waals surface area (Å²) >= 11 is 3.36. The summed E-state index contributed by atoms with van der Waals surface area (Å²) in [7, 11) is -3.78. The first-order chi connectivity index (χ1) is 13.2. The molecule has 0 unspecified atom stereocenters. The zero-order valence-electron chi connectivity index (χ0n) is 15.9. The molecule has 1 N–H and O–H groups in total. The van der Waals surface area contributed by atoms with Crippen molar-refractivity contribution in [2.45, 2.75) is 44.0 Å². The van der Waals surface area contributed by atoms with Crippen LogP contribution in [0, 0.1) is 0 Å². The molecular formula is C18H24BrN3O5S. The second-order valence-electron chi connectivity index (χ2n) is 6.91. The number of amides is 2. The lowest BCUT2D eigenvalue weighted by Gasteiger charge is -2.31. The molecule has 154 valence electrons. The lowest BCUT2D eigenvalue weighted by molar-refractivity contribution is -0.116. The third-order valence-corrected chi connectivity index (χ3v) is 7.52. The Hall–Kier alpha value is -1.65. The number of nitrogens with zero attached hydrogens (tertiary/aromatic N) is 2. The highest BCUT2D eigenvalue weighted by Gasteiger charge is 2.31. The molecule has 2 aliphatic heterocycles. The lowest BCUT2D eigenvalue weighted by atomic mass is 10.1. The Balaban J connectivity index is 1.73. The number of likely N-dealkylation sites (tertiary alicyclic amines) is 1. The average Bonchev–Trinajstić information content (AvgIpc) is 3.04. The molecule has 1 fully saturated rings. The van der Waals surface area contributed by atoms with Crippen LogP contribution < -0.4 is 9.62 Å². The minimum absolute atomic E-state index is 0.108. The fourth-order valence-electron chi connectivity index (χ4n) is 3.60. The number of anilines is 1. The van der Waals surface area contributed by atoms with E-state index in [-0.39, 0.29) is 22.9 Å². The van der Waals surface area contributed by atoms with Gasteiger partial charge in [0.25, 0.3) is 0 Å². The topological polar surface area (TPSA) is 96.0 Å². The standard InChI is InChI=1S/C18H24BrN3O5S/c1-3-27-18(24)21-7-5-14(6-8-21)20-28(25,26)17-11-16-13(10-15(17)19)4-9-22(16)12(2)23/h10-11,14,20H,3-9H2,1-2H3. The van der Waals surface area contributed by atoms with E-state index in [1.54, 1.807) is 28.9 Å². The zero-order valence-corrected chi connectivity index (χ0v) is 18.3. The zero-order chi connectivity index (χ0) is 20.5. The second-order valence-corrected chi connectivity index (χ2v) is 9.45. The number of ether oxygens (including phenoxy) is 1. The molecule has 1 aromatic rings. The van der Waals surface area contributed by atoms with Gasteiger partial charge >= 0.3 is 6.09 Å². The lowest BCUT2D eigenvalue weighted by Crippen LogP contribution is -2.46. The van der Waals surface area contributed by atoms with Crippen molar-refractivity contribution in [3.8, 4) is 0 Å². The Morgan fingerprint density at radius 1 is 1.25 bits per heavy atom. The van der Waals surface area contributed by atoms with E-state index in [0.717, 1.165) is 5.56 Å². The number of piperidine rings is 1. The minimum atomic E-state index is -3.78. The number of fused-ring (bicyclic) bond motifs is 1. The van der Waals surface area contributed by atoms with Crippen LogP contribution in [0.5, 0.6) is 0 Å². The Kier molecular flexibility index (Phi) is 6.31. The molecule has 0 atom stereocenters. The number of carbonyl (C=O) groups is 2. The second kappa shape index (κ2) is 8.38. The summed E-state index contributed by atoms with van der Waals surface area (Å²) < 4.78 is 34.1. The Labute approximate surface area is 173 Å². The summed E-state index contributed by atoms with van der Waals surface area (Å²) in [5, 5.41) is 0. The average molecular weight is 474 g/mol. The van der Waals surface area contributed by atoms with Crippen molar-refractivity contribution < 1.29 is 22.7 Å². The van der Waals surface area contributed by atoms with Gasteiger partial charge in [-0.25, -0.2) is 17.9 Å². The number of sulfonamides is 1. The number of nitrogens with one attached hydrogen (secondary N) is 1. The highest BCUT2D eigenvalue weighted by molar-refractivity contribution is 9.10. The van der Waals surface area contributed by atoms with Gasteiger partial charge < -0.3 is 14.5 Å². The Morgan fingerprint density at radius 2 is 1.93 bits per heavy atom. The van der Waals surface area contributed by atoms with E-state index in [0.29, 0.717) is 55.7 Å². The molecule has 0 saturated carbocycles. The van der Waals surface area contributed by atoms with Gasteiger partial charge in [-0.2, -0.15) is 0 Å². The highest BCUT2D eigenvalue weighted by atomic mass is 79.9. The van der Waals surface area contributed by atoms with Crippen molar-refractivity contribution in [1.29, 1.82) is 0 Å². The predicted octanol–water partition coefficient (Wildman–Crippen LogP) is 2.26. The quantitative estimate of drug-likeness (QED) is 0.723. The maximum atomic E-state index is 13.0. The van der Waals surface area contributed by atoms with Gasteiger partial charge in [-0.05, 0) is 59.8 Å². The molecule has 2 heterocycles. The summed E-state index contributed by atoms with van der Waals surface area (Å²) in [6.07, 6.45) is 1.36. The highest BCUT2D eigenvalue weighted by Crippen LogP contribution is 2.35. The summed E-state index contributed by atoms with van der Waals surface area (Å²) in [6, 6.07) is 3.07. The molecule has 8 nitrogen and oxygen atoms in total. The molecule has 0 aromatic heterocycles. The summed E-state index contributed by atoms with van der Waals surface area (Å²) in [6.45, 7) is 4.97. The number of carbonyl (C=O) groups excluding carboxylic acids is 2. The van der Waals surface area contributed by atoms with E-state index < -0.39 is 10.0 Å². The molecule has 0 bridgehead atoms. The van der Waals surface area contributed by atoms with Gasteiger partial charge in [0.2, 0.25) is 15.9 Å². The van der Waals surface area contributed by atoms with Crippen LogP contribution in [0.1, 0.15) is 32.3 Å². The minimum Gasteiger partial charge on any atom is -0.450 e. The van der Waals surface area contributed by atoms with E-state index in [1.807, 2.05) is 0 Å². The van der Waals surface area contributed by atoms with Crippen molar-refractivity contribution in [3.63, 3.8) is 0 Å². The number of halogens is 1. The van der Waals surface area contributed by atoms with Crippen LogP contribution in [0.25, 0.3) is 0 Å². The number of benzene rings is 1. The predicted molar refractivity (Wildman–Crippen MR) is 108 cm³/mol. The molecule has 1 aromatic carbocycles. The van der Waals surface area contributed by atoms with Gasteiger partial charge in [-0.1, -0.05) is 0 Å². The fourth-order valence-corrected chi connectivity index (χ4v) is 6.01. The van der Waals surface area contributed by atoms with Crippen LogP contribution in [0.2, 0.25) is 0 Å². The van der Waals surface area contributed by atoms with E-state index in [2.05, 4.69) is 20.7 Å². The van der Waals surface area contributed by atoms with Gasteiger partial charge in [0, 0.05) is 42.8 Å². The maximum Gasteiger partial charge on any atom is 0.409 e. The van der Waals surface area contributed by atoms with E-state index in [1.165, 1.54) is 6.92 Å². The molecule has 0 spiro atoms. The fraction of sp³-hybridized carbons (Fsp3) is 0.556. The smallest absolute Gasteiger partial charge is 0.409 e. The first-order valence-electron chi connectivity index (χ1n) is 9.27. The third kappa shape index (κ3) is 4.33. The number of hydrogen-bond acceptors (Lipinski definition) is 5. The van der Waals surface area contributed by atoms with Crippen molar-refractivity contribution in [2.75, 3.05) is 31.1 Å². The van der Waals surface area contributed by atoms with E-state index in [4.69, 9.17) is 4.74 Å². The van der Waals surface area contributed by atoms with E-state index >= 15 is 0 Å². The SMILES string of the molecule is CCOC(=O)N1CCC(NS(=O)(=O)c2cc3c(cc2Br)CCN3C(C)=O)CC1. The molecule has 1 saturated heterocycles. The number of hydrogen-bond donors (Lipinski definition) is 1. The molecule has 0 radical (unpaired) electrons. The third-order valence-electron chi connectivity index (χ3n) is 5.04. The monoisotopic (exact) mass is 473 g/mol. The van der Waals surface area contributed by atoms with Crippen LogP contribution in [0.15, 0.2) is 21.5 Å².